The molecular weight excluding hydrogens is 332 g/mol. The van der Waals surface area contributed by atoms with Crippen molar-refractivity contribution < 1.29 is 4.74 Å². The van der Waals surface area contributed by atoms with Crippen molar-refractivity contribution in [3.8, 4) is 5.75 Å². The fourth-order valence-electron chi connectivity index (χ4n) is 3.03. The molecule has 3 rings (SSSR count). The lowest BCUT2D eigenvalue weighted by molar-refractivity contribution is 0.242. The van der Waals surface area contributed by atoms with E-state index in [9.17, 15) is 0 Å². The van der Waals surface area contributed by atoms with Crippen LogP contribution in [0.25, 0.3) is 0 Å². The fraction of sp³-hybridized carbons (Fsp3) is 0.400. The number of fused-ring (bicyclic) bond motifs is 1. The van der Waals surface area contributed by atoms with Gasteiger partial charge in [0.1, 0.15) is 5.75 Å². The molecular formula is C15H19BrN4O. The second kappa shape index (κ2) is 6.17. The molecule has 2 atom stereocenters. The lowest BCUT2D eigenvalue weighted by Gasteiger charge is -2.32. The van der Waals surface area contributed by atoms with Crippen molar-refractivity contribution in [3.63, 3.8) is 0 Å². The minimum atomic E-state index is -0.00752. The highest BCUT2D eigenvalue weighted by atomic mass is 79.9. The Balaban J connectivity index is 2.03. The number of hydrogen-bond donors (Lipinski definition) is 2. The van der Waals surface area contributed by atoms with Gasteiger partial charge in [-0.25, -0.2) is 0 Å². The number of halogens is 1. The number of aromatic nitrogens is 2. The number of nitrogens with two attached hydrogens (primary N) is 1. The van der Waals surface area contributed by atoms with Gasteiger partial charge in [-0.2, -0.15) is 5.10 Å². The Morgan fingerprint density at radius 1 is 1.52 bits per heavy atom. The molecule has 1 aliphatic rings. The molecule has 0 fully saturated rings. The second-order valence-corrected chi connectivity index (χ2v) is 5.97. The van der Waals surface area contributed by atoms with E-state index >= 15 is 0 Å². The molecule has 0 spiro atoms. The Hall–Kier alpha value is -1.37. The molecule has 0 bridgehead atoms. The quantitative estimate of drug-likeness (QED) is 0.657. The van der Waals surface area contributed by atoms with E-state index in [-0.39, 0.29) is 12.0 Å². The van der Waals surface area contributed by atoms with Crippen LogP contribution in [0.3, 0.4) is 0 Å². The van der Waals surface area contributed by atoms with Gasteiger partial charge < -0.3 is 4.74 Å². The van der Waals surface area contributed by atoms with E-state index in [0.717, 1.165) is 28.9 Å². The summed E-state index contributed by atoms with van der Waals surface area (Å²) in [5, 5.41) is 4.40. The normalized spacial score (nSPS) is 18.9. The number of hydrogen-bond acceptors (Lipinski definition) is 4. The molecule has 6 heteroatoms. The minimum Gasteiger partial charge on any atom is -0.493 e. The van der Waals surface area contributed by atoms with E-state index in [2.05, 4.69) is 39.4 Å². The highest BCUT2D eigenvalue weighted by Crippen LogP contribution is 2.42. The average molecular weight is 351 g/mol. The zero-order valence-corrected chi connectivity index (χ0v) is 13.5. The van der Waals surface area contributed by atoms with Crippen LogP contribution in [0.15, 0.2) is 34.9 Å². The maximum atomic E-state index is 5.89. The highest BCUT2D eigenvalue weighted by Gasteiger charge is 2.32. The summed E-state index contributed by atoms with van der Waals surface area (Å²) >= 11 is 3.60. The third-order valence-electron chi connectivity index (χ3n) is 4.01. The number of nitrogens with zero attached hydrogens (tertiary/aromatic N) is 2. The van der Waals surface area contributed by atoms with Crippen molar-refractivity contribution in [1.29, 1.82) is 0 Å². The van der Waals surface area contributed by atoms with Gasteiger partial charge in [0, 0.05) is 12.5 Å². The molecule has 0 aliphatic carbocycles. The number of aryl methyl sites for hydroxylation is 1. The zero-order chi connectivity index (χ0) is 14.8. The van der Waals surface area contributed by atoms with Gasteiger partial charge >= 0.3 is 0 Å². The number of benzene rings is 1. The molecule has 2 unspecified atom stereocenters. The molecule has 0 saturated carbocycles. The molecule has 0 radical (unpaired) electrons. The molecule has 1 aromatic heterocycles. The van der Waals surface area contributed by atoms with Crippen LogP contribution in [0.5, 0.6) is 5.75 Å². The molecule has 5 nitrogen and oxygen atoms in total. The van der Waals surface area contributed by atoms with Gasteiger partial charge in [0.05, 0.1) is 29.0 Å². The van der Waals surface area contributed by atoms with E-state index in [1.807, 2.05) is 29.1 Å². The maximum absolute atomic E-state index is 5.89. The number of rotatable bonds is 4. The summed E-state index contributed by atoms with van der Waals surface area (Å²) < 4.78 is 8.71. The Labute approximate surface area is 132 Å². The van der Waals surface area contributed by atoms with Gasteiger partial charge in [0.2, 0.25) is 0 Å². The molecule has 1 aromatic carbocycles. The van der Waals surface area contributed by atoms with Crippen molar-refractivity contribution in [3.05, 3.63) is 46.2 Å². The lowest BCUT2D eigenvalue weighted by Crippen LogP contribution is -2.36. The summed E-state index contributed by atoms with van der Waals surface area (Å²) in [6.45, 7) is 3.59. The molecule has 0 amide bonds. The SMILES string of the molecule is CCn1ncc(Br)c1C(NN)C1CCOc2ccccc21. The summed E-state index contributed by atoms with van der Waals surface area (Å²) in [7, 11) is 0. The maximum Gasteiger partial charge on any atom is 0.122 e. The largest absolute Gasteiger partial charge is 0.493 e. The van der Waals surface area contributed by atoms with Crippen molar-refractivity contribution in [2.75, 3.05) is 6.61 Å². The molecule has 112 valence electrons. The first-order valence-electron chi connectivity index (χ1n) is 7.15. The monoisotopic (exact) mass is 350 g/mol. The Morgan fingerprint density at radius 2 is 2.33 bits per heavy atom. The minimum absolute atomic E-state index is 0.00752. The molecule has 1 aliphatic heterocycles. The number of nitrogens with one attached hydrogen (secondary N) is 1. The summed E-state index contributed by atoms with van der Waals surface area (Å²) in [4.78, 5) is 0. The van der Waals surface area contributed by atoms with Gasteiger partial charge in [-0.3, -0.25) is 16.0 Å². The van der Waals surface area contributed by atoms with Crippen LogP contribution in [0.1, 0.15) is 36.6 Å². The van der Waals surface area contributed by atoms with Crippen LogP contribution in [-0.2, 0) is 6.54 Å². The number of para-hydroxylation sites is 1. The lowest BCUT2D eigenvalue weighted by atomic mass is 9.85. The highest BCUT2D eigenvalue weighted by molar-refractivity contribution is 9.10. The third kappa shape index (κ3) is 2.59. The van der Waals surface area contributed by atoms with E-state index in [1.54, 1.807) is 0 Å². The van der Waals surface area contributed by atoms with E-state index in [1.165, 1.54) is 5.56 Å². The third-order valence-corrected chi connectivity index (χ3v) is 4.63. The van der Waals surface area contributed by atoms with E-state index < -0.39 is 0 Å². The molecule has 2 heterocycles. The van der Waals surface area contributed by atoms with Crippen LogP contribution in [0.4, 0.5) is 0 Å². The van der Waals surface area contributed by atoms with Gasteiger partial charge in [0.25, 0.3) is 0 Å². The van der Waals surface area contributed by atoms with Gasteiger partial charge in [-0.1, -0.05) is 18.2 Å². The molecule has 21 heavy (non-hydrogen) atoms. The fourth-order valence-corrected chi connectivity index (χ4v) is 3.58. The van der Waals surface area contributed by atoms with Crippen LogP contribution in [0, 0.1) is 0 Å². The molecule has 2 aromatic rings. The summed E-state index contributed by atoms with van der Waals surface area (Å²) in [6, 6.07) is 8.16. The summed E-state index contributed by atoms with van der Waals surface area (Å²) in [6.07, 6.45) is 2.75. The Kier molecular flexibility index (Phi) is 4.28. The van der Waals surface area contributed by atoms with Crippen molar-refractivity contribution in [1.82, 2.24) is 15.2 Å². The van der Waals surface area contributed by atoms with Crippen molar-refractivity contribution >= 4 is 15.9 Å². The molecule has 0 saturated heterocycles. The topological polar surface area (TPSA) is 65.1 Å². The number of ether oxygens (including phenoxy) is 1. The number of hydrazine groups is 1. The van der Waals surface area contributed by atoms with Crippen molar-refractivity contribution in [2.24, 2.45) is 5.84 Å². The second-order valence-electron chi connectivity index (χ2n) is 5.12. The van der Waals surface area contributed by atoms with Crippen LogP contribution in [-0.4, -0.2) is 16.4 Å². The first-order chi connectivity index (χ1) is 10.3. The standard InChI is InChI=1S/C15H19BrN4O/c1-2-20-15(12(16)9-18-20)14(19-17)11-7-8-21-13-6-4-3-5-10(11)13/h3-6,9,11,14,19H,2,7-8,17H2,1H3. The van der Waals surface area contributed by atoms with E-state index in [4.69, 9.17) is 10.6 Å². The van der Waals surface area contributed by atoms with Crippen LogP contribution < -0.4 is 16.0 Å². The van der Waals surface area contributed by atoms with E-state index in [0.29, 0.717) is 6.61 Å². The zero-order valence-electron chi connectivity index (χ0n) is 11.9. The summed E-state index contributed by atoms with van der Waals surface area (Å²) in [5.74, 6) is 7.11. The average Bonchev–Trinajstić information content (AvgIpc) is 2.90. The summed E-state index contributed by atoms with van der Waals surface area (Å²) in [5.41, 5.74) is 5.27. The van der Waals surface area contributed by atoms with Gasteiger partial charge in [-0.05, 0) is 40.9 Å². The van der Waals surface area contributed by atoms with Crippen LogP contribution in [0.2, 0.25) is 0 Å². The predicted molar refractivity (Wildman–Crippen MR) is 85.0 cm³/mol. The van der Waals surface area contributed by atoms with Gasteiger partial charge in [-0.15, -0.1) is 0 Å². The first-order valence-corrected chi connectivity index (χ1v) is 7.94. The Bertz CT molecular complexity index is 628. The predicted octanol–water partition coefficient (Wildman–Crippen LogP) is 2.74. The van der Waals surface area contributed by atoms with Gasteiger partial charge in [0.15, 0.2) is 0 Å². The molecule has 3 N–H and O–H groups in total. The first kappa shape index (κ1) is 14.6. The Morgan fingerprint density at radius 3 is 3.10 bits per heavy atom. The smallest absolute Gasteiger partial charge is 0.122 e. The van der Waals surface area contributed by atoms with Crippen LogP contribution >= 0.6 is 15.9 Å². The van der Waals surface area contributed by atoms with Crippen molar-refractivity contribution in [2.45, 2.75) is 31.8 Å².